The van der Waals surface area contributed by atoms with Gasteiger partial charge in [0.1, 0.15) is 17.1 Å². The number of rotatable bonds is 6. The van der Waals surface area contributed by atoms with Crippen molar-refractivity contribution in [1.82, 2.24) is 15.2 Å². The number of thiazole rings is 1. The lowest BCUT2D eigenvalue weighted by Gasteiger charge is -2.50. The second-order valence-electron chi connectivity index (χ2n) is 7.48. The summed E-state index contributed by atoms with van der Waals surface area (Å²) in [6.45, 7) is 0.282. The number of carbonyl (C=O) groups excluding carboxylic acids is 3. The number of fused-ring (bicyclic) bond motifs is 2. The van der Waals surface area contributed by atoms with Crippen molar-refractivity contribution in [2.45, 2.75) is 22.9 Å². The summed E-state index contributed by atoms with van der Waals surface area (Å²) < 4.78 is 1.87. The molecule has 1 saturated heterocycles. The molecule has 34 heavy (non-hydrogen) atoms. The van der Waals surface area contributed by atoms with E-state index in [4.69, 9.17) is 5.73 Å². The van der Waals surface area contributed by atoms with Crippen LogP contribution in [0.25, 0.3) is 0 Å². The van der Waals surface area contributed by atoms with Crippen LogP contribution in [0.15, 0.2) is 45.2 Å². The van der Waals surface area contributed by atoms with E-state index in [9.17, 15) is 24.7 Å². The fourth-order valence-electron chi connectivity index (χ4n) is 3.90. The van der Waals surface area contributed by atoms with Gasteiger partial charge in [0.25, 0.3) is 11.8 Å². The molecule has 15 heteroatoms. The number of nitrogens with one attached hydrogen (secondary N) is 2. The van der Waals surface area contributed by atoms with Crippen LogP contribution in [0, 0.1) is 0 Å². The van der Waals surface area contributed by atoms with Gasteiger partial charge in [0.15, 0.2) is 29.8 Å². The quantitative estimate of drug-likeness (QED) is 0.119. The third-order valence-electron chi connectivity index (χ3n) is 5.45. The number of β-lactam (4-membered cyclic amide) rings is 1. The van der Waals surface area contributed by atoms with E-state index in [1.807, 2.05) is 23.0 Å². The molecule has 176 valence electrons. The van der Waals surface area contributed by atoms with Gasteiger partial charge in [0.2, 0.25) is 0 Å². The molecule has 0 bridgehead atoms. The van der Waals surface area contributed by atoms with E-state index >= 15 is 0 Å². The van der Waals surface area contributed by atoms with E-state index in [0.717, 1.165) is 32.7 Å². The first-order valence-corrected chi connectivity index (χ1v) is 12.8. The van der Waals surface area contributed by atoms with Crippen LogP contribution < -0.4 is 26.0 Å². The molecule has 5 rings (SSSR count). The van der Waals surface area contributed by atoms with Crippen molar-refractivity contribution in [3.05, 3.63) is 40.8 Å². The molecule has 2 aromatic rings. The number of thioether (sulfide) groups is 2. The van der Waals surface area contributed by atoms with Crippen LogP contribution in [0.1, 0.15) is 5.69 Å². The number of carboxylic acid groups (broad SMARTS) is 1. The summed E-state index contributed by atoms with van der Waals surface area (Å²) >= 11 is 4.05. The van der Waals surface area contributed by atoms with E-state index in [0.29, 0.717) is 11.3 Å². The topological polar surface area (TPSA) is 177 Å². The Hall–Kier alpha value is -3.30. The second-order valence-corrected chi connectivity index (χ2v) is 10.5. The number of carbonyl (C=O) groups is 3. The molecule has 2 amide bonds. The van der Waals surface area contributed by atoms with Crippen LogP contribution in [-0.4, -0.2) is 61.6 Å². The number of anilines is 2. The summed E-state index contributed by atoms with van der Waals surface area (Å²) in [7, 11) is 0. The standard InChI is InChI=1S/C19H17N7O5S3/c20-19-22-10(6-33-19)12(24-31)15(27)23-13-16(28)26-14(18(29)30)8(5-32-17(13)26)3-25-2-1-9-11(4-25)34-7-21-9/h1-2,4,6,13,17H,3,5,7H2,(H5,20,22,23,27,29,30,31)/t13?,17-/m1/s1. The molecular weight excluding hydrogens is 502 g/mol. The summed E-state index contributed by atoms with van der Waals surface area (Å²) in [5.41, 5.74) is 6.62. The Labute approximate surface area is 204 Å². The van der Waals surface area contributed by atoms with Gasteiger partial charge < -0.3 is 31.5 Å². The lowest BCUT2D eigenvalue weighted by Crippen LogP contribution is -2.71. The highest BCUT2D eigenvalue weighted by Gasteiger charge is 2.53. The summed E-state index contributed by atoms with van der Waals surface area (Å²) in [4.78, 5) is 43.6. The molecule has 1 unspecified atom stereocenters. The van der Waals surface area contributed by atoms with E-state index in [1.54, 1.807) is 11.8 Å². The largest absolute Gasteiger partial charge is 0.543 e. The van der Waals surface area contributed by atoms with Gasteiger partial charge in [-0.2, -0.15) is 4.57 Å². The molecule has 5 N–H and O–H groups in total. The van der Waals surface area contributed by atoms with Crippen molar-refractivity contribution in [3.8, 4) is 0 Å². The Morgan fingerprint density at radius 1 is 1.47 bits per heavy atom. The van der Waals surface area contributed by atoms with Crippen LogP contribution in [0.4, 0.5) is 10.8 Å². The molecule has 2 aromatic heterocycles. The van der Waals surface area contributed by atoms with Gasteiger partial charge in [-0.15, -0.1) is 23.1 Å². The third-order valence-corrected chi connectivity index (χ3v) is 8.39. The van der Waals surface area contributed by atoms with E-state index in [1.165, 1.54) is 17.1 Å². The van der Waals surface area contributed by atoms with Gasteiger partial charge in [-0.1, -0.05) is 16.9 Å². The number of nitrogens with zero attached hydrogens (tertiary/aromatic N) is 4. The van der Waals surface area contributed by atoms with Crippen LogP contribution in [0.5, 0.6) is 0 Å². The van der Waals surface area contributed by atoms with Crippen LogP contribution in [0.2, 0.25) is 0 Å². The lowest BCUT2D eigenvalue weighted by molar-refractivity contribution is -0.690. The Morgan fingerprint density at radius 2 is 2.29 bits per heavy atom. The zero-order valence-electron chi connectivity index (χ0n) is 17.3. The lowest BCUT2D eigenvalue weighted by atomic mass is 10.0. The maximum Gasteiger partial charge on any atom is 0.276 e. The van der Waals surface area contributed by atoms with Crippen LogP contribution in [-0.2, 0) is 20.9 Å². The Bertz CT molecular complexity index is 1280. The number of carboxylic acids is 1. The van der Waals surface area contributed by atoms with Gasteiger partial charge in [0.05, 0.1) is 28.1 Å². The van der Waals surface area contributed by atoms with E-state index < -0.39 is 34.9 Å². The average Bonchev–Trinajstić information content (AvgIpc) is 3.46. The first kappa shape index (κ1) is 22.5. The summed E-state index contributed by atoms with van der Waals surface area (Å²) in [6.07, 6.45) is 3.77. The smallest absolute Gasteiger partial charge is 0.276 e. The molecule has 0 aliphatic carbocycles. The molecular formula is C19H17N7O5S3. The van der Waals surface area contributed by atoms with Crippen molar-refractivity contribution in [3.63, 3.8) is 0 Å². The maximum absolute atomic E-state index is 12.9. The number of aromatic nitrogens is 2. The number of oxime groups is 1. The van der Waals surface area contributed by atoms with Gasteiger partial charge in [-0.3, -0.25) is 14.5 Å². The number of aliphatic carboxylic acids is 1. The fraction of sp³-hybridized carbons (Fsp3) is 0.263. The molecule has 12 nitrogen and oxygen atoms in total. The number of hydrogen-bond donors (Lipinski definition) is 4. The number of hydrogen-bond acceptors (Lipinski definition) is 12. The van der Waals surface area contributed by atoms with Gasteiger partial charge in [0, 0.05) is 22.8 Å². The minimum absolute atomic E-state index is 0.0692. The molecule has 5 heterocycles. The summed E-state index contributed by atoms with van der Waals surface area (Å²) in [6, 6.07) is 0.931. The van der Waals surface area contributed by atoms with Crippen molar-refractivity contribution < 1.29 is 29.3 Å². The normalized spacial score (nSPS) is 21.5. The Balaban J connectivity index is 1.34. The van der Waals surface area contributed by atoms with Crippen molar-refractivity contribution >= 4 is 69.2 Å². The SMILES string of the molecule is Nc1nc(C(=NO)C(=O)NC2C(=O)N3C(C(=O)[O-])=C(C[n+]4ccc5c(c4)SCN5)CS[C@H]23)cs1. The van der Waals surface area contributed by atoms with Gasteiger partial charge in [-0.25, -0.2) is 4.98 Å². The molecule has 2 atom stereocenters. The predicted octanol–water partition coefficient (Wildman–Crippen LogP) is -1.23. The van der Waals surface area contributed by atoms with Crippen LogP contribution >= 0.6 is 34.9 Å². The van der Waals surface area contributed by atoms with Crippen LogP contribution in [0.3, 0.4) is 0 Å². The molecule has 0 radical (unpaired) electrons. The first-order valence-electron chi connectivity index (χ1n) is 9.89. The summed E-state index contributed by atoms with van der Waals surface area (Å²) in [5.74, 6) is -1.75. The summed E-state index contributed by atoms with van der Waals surface area (Å²) in [5, 5.41) is 31.0. The monoisotopic (exact) mass is 519 g/mol. The number of nitrogens with two attached hydrogens (primary N) is 1. The molecule has 0 saturated carbocycles. The maximum atomic E-state index is 12.9. The molecule has 1 fully saturated rings. The zero-order valence-corrected chi connectivity index (χ0v) is 19.7. The number of nitrogen functional groups attached to an aromatic ring is 1. The minimum Gasteiger partial charge on any atom is -0.543 e. The Kier molecular flexibility index (Phi) is 5.83. The fourth-order valence-corrected chi connectivity index (χ4v) is 6.67. The number of pyridine rings is 1. The third kappa shape index (κ3) is 3.84. The highest BCUT2D eigenvalue weighted by molar-refractivity contribution is 8.00. The molecule has 0 spiro atoms. The zero-order chi connectivity index (χ0) is 24.0. The van der Waals surface area contributed by atoms with E-state index in [2.05, 4.69) is 20.8 Å². The predicted molar refractivity (Wildman–Crippen MR) is 123 cm³/mol. The number of amides is 2. The van der Waals surface area contributed by atoms with Crippen molar-refractivity contribution in [2.24, 2.45) is 5.16 Å². The minimum atomic E-state index is -1.45. The second kappa shape index (κ2) is 8.81. The molecule has 0 aromatic carbocycles. The highest BCUT2D eigenvalue weighted by Crippen LogP contribution is 2.40. The molecule has 3 aliphatic rings. The highest BCUT2D eigenvalue weighted by atomic mass is 32.2. The van der Waals surface area contributed by atoms with Crippen molar-refractivity contribution in [1.29, 1.82) is 0 Å². The molecule has 3 aliphatic heterocycles. The average molecular weight is 520 g/mol. The van der Waals surface area contributed by atoms with Crippen molar-refractivity contribution in [2.75, 3.05) is 22.7 Å². The van der Waals surface area contributed by atoms with Gasteiger partial charge >= 0.3 is 0 Å². The first-order chi connectivity index (χ1) is 16.4. The van der Waals surface area contributed by atoms with E-state index in [-0.39, 0.29) is 23.1 Å². The van der Waals surface area contributed by atoms with Gasteiger partial charge in [-0.05, 0) is 0 Å². The Morgan fingerprint density at radius 3 is 3.00 bits per heavy atom.